The first kappa shape index (κ1) is 20.3. The van der Waals surface area contributed by atoms with Crippen LogP contribution in [-0.2, 0) is 24.4 Å². The number of carboxylic acids is 1. The normalized spacial score (nSPS) is 13.3. The third-order valence-electron chi connectivity index (χ3n) is 2.73. The summed E-state index contributed by atoms with van der Waals surface area (Å²) in [5, 5.41) is 11.0. The molecule has 0 aromatic heterocycles. The molecule has 2 amide bonds. The van der Waals surface area contributed by atoms with E-state index in [1.807, 2.05) is 4.72 Å². The summed E-state index contributed by atoms with van der Waals surface area (Å²) >= 11 is 0. The van der Waals surface area contributed by atoms with Crippen molar-refractivity contribution in [1.82, 2.24) is 10.0 Å². The average molecular weight is 337 g/mol. The van der Waals surface area contributed by atoms with Crippen LogP contribution in [0, 0.1) is 0 Å². The van der Waals surface area contributed by atoms with Crippen LogP contribution in [0.15, 0.2) is 0 Å². The molecule has 5 N–H and O–H groups in total. The summed E-state index contributed by atoms with van der Waals surface area (Å²) in [5.41, 5.74) is 5.25. The molecule has 0 aliphatic rings. The predicted molar refractivity (Wildman–Crippen MR) is 79.3 cm³/mol. The number of carbonyl (C=O) groups excluding carboxylic acids is 2. The van der Waals surface area contributed by atoms with Crippen LogP contribution in [0.5, 0.6) is 0 Å². The molecule has 0 heterocycles. The second kappa shape index (κ2) is 8.08. The number of carboxylic acid groups (broad SMARTS) is 1. The molecule has 0 saturated carbocycles. The van der Waals surface area contributed by atoms with E-state index in [9.17, 15) is 22.8 Å². The monoisotopic (exact) mass is 337 g/mol. The smallest absolute Gasteiger partial charge is 0.320 e. The van der Waals surface area contributed by atoms with Crippen LogP contribution in [0.3, 0.4) is 0 Å². The number of nitrogens with one attached hydrogen (secondary N) is 2. The lowest BCUT2D eigenvalue weighted by Gasteiger charge is -2.19. The van der Waals surface area contributed by atoms with E-state index >= 15 is 0 Å². The summed E-state index contributed by atoms with van der Waals surface area (Å²) in [6, 6.07) is -1.07. The molecule has 0 bridgehead atoms. The Hall–Kier alpha value is -1.68. The summed E-state index contributed by atoms with van der Waals surface area (Å²) in [6.07, 6.45) is -0.425. The van der Waals surface area contributed by atoms with E-state index in [2.05, 4.69) is 5.32 Å². The highest BCUT2D eigenvalue weighted by atomic mass is 32.2. The van der Waals surface area contributed by atoms with Gasteiger partial charge in [0.15, 0.2) is 0 Å². The SMILES string of the molecule is CC(C)(C)S(=O)(=O)NC(=O)CCC(=O)NCC[C@H](N)C(=O)O. The first-order chi connectivity index (χ1) is 9.86. The molecule has 10 heteroatoms. The zero-order chi connectivity index (χ0) is 17.6. The Labute approximate surface area is 129 Å². The fraction of sp³-hybridized carbons (Fsp3) is 0.750. The molecule has 0 aromatic rings. The third-order valence-corrected chi connectivity index (χ3v) is 4.84. The molecule has 0 rings (SSSR count). The van der Waals surface area contributed by atoms with Crippen LogP contribution in [0.2, 0.25) is 0 Å². The summed E-state index contributed by atoms with van der Waals surface area (Å²) in [6.45, 7) is 4.40. The lowest BCUT2D eigenvalue weighted by Crippen LogP contribution is -2.42. The van der Waals surface area contributed by atoms with E-state index in [0.29, 0.717) is 0 Å². The van der Waals surface area contributed by atoms with Gasteiger partial charge in [0.1, 0.15) is 6.04 Å². The van der Waals surface area contributed by atoms with Crippen LogP contribution < -0.4 is 15.8 Å². The van der Waals surface area contributed by atoms with Gasteiger partial charge in [0, 0.05) is 19.4 Å². The van der Waals surface area contributed by atoms with Gasteiger partial charge in [-0.1, -0.05) is 0 Å². The van der Waals surface area contributed by atoms with Gasteiger partial charge >= 0.3 is 5.97 Å². The molecule has 0 aliphatic carbocycles. The van der Waals surface area contributed by atoms with Crippen molar-refractivity contribution in [3.8, 4) is 0 Å². The fourth-order valence-electron chi connectivity index (χ4n) is 1.16. The van der Waals surface area contributed by atoms with E-state index in [1.165, 1.54) is 20.8 Å². The molecule has 0 saturated heterocycles. The molecule has 22 heavy (non-hydrogen) atoms. The Morgan fingerprint density at radius 3 is 2.09 bits per heavy atom. The minimum atomic E-state index is -3.80. The molecule has 0 fully saturated rings. The second-order valence-corrected chi connectivity index (χ2v) is 8.16. The van der Waals surface area contributed by atoms with Crippen LogP contribution in [0.25, 0.3) is 0 Å². The predicted octanol–water partition coefficient (Wildman–Crippen LogP) is -1.07. The van der Waals surface area contributed by atoms with Crippen LogP contribution in [0.4, 0.5) is 0 Å². The van der Waals surface area contributed by atoms with Gasteiger partial charge in [-0.15, -0.1) is 0 Å². The molecule has 9 nitrogen and oxygen atoms in total. The zero-order valence-electron chi connectivity index (χ0n) is 12.9. The van der Waals surface area contributed by atoms with Gasteiger partial charge in [-0.3, -0.25) is 19.1 Å². The highest BCUT2D eigenvalue weighted by molar-refractivity contribution is 7.91. The van der Waals surface area contributed by atoms with E-state index in [-0.39, 0.29) is 25.8 Å². The standard InChI is InChI=1S/C12H23N3O6S/c1-12(2,3)22(20,21)15-10(17)5-4-9(16)14-7-6-8(13)11(18)19/h8H,4-7,13H2,1-3H3,(H,14,16)(H,15,17)(H,18,19)/t8-/m0/s1. The summed E-state index contributed by atoms with van der Waals surface area (Å²) in [7, 11) is -3.80. The molecule has 1 atom stereocenters. The van der Waals surface area contributed by atoms with Crippen molar-refractivity contribution in [2.24, 2.45) is 5.73 Å². The minimum absolute atomic E-state index is 0.0612. The van der Waals surface area contributed by atoms with E-state index in [4.69, 9.17) is 10.8 Å². The van der Waals surface area contributed by atoms with E-state index in [1.54, 1.807) is 0 Å². The Bertz CT molecular complexity index is 523. The van der Waals surface area contributed by atoms with Crippen molar-refractivity contribution in [2.75, 3.05) is 6.54 Å². The third kappa shape index (κ3) is 7.36. The van der Waals surface area contributed by atoms with Gasteiger partial charge in [0.05, 0.1) is 4.75 Å². The van der Waals surface area contributed by atoms with Crippen molar-refractivity contribution in [2.45, 2.75) is 50.8 Å². The van der Waals surface area contributed by atoms with Gasteiger partial charge in [-0.05, 0) is 27.2 Å². The number of nitrogens with two attached hydrogens (primary N) is 1. The highest BCUT2D eigenvalue weighted by Gasteiger charge is 2.30. The van der Waals surface area contributed by atoms with Crippen molar-refractivity contribution >= 4 is 27.8 Å². The van der Waals surface area contributed by atoms with Crippen LogP contribution in [-0.4, -0.2) is 48.6 Å². The first-order valence-electron chi connectivity index (χ1n) is 6.67. The Kier molecular flexibility index (Phi) is 7.47. The Morgan fingerprint density at radius 2 is 1.64 bits per heavy atom. The number of hydrogen-bond acceptors (Lipinski definition) is 6. The minimum Gasteiger partial charge on any atom is -0.480 e. The van der Waals surface area contributed by atoms with Crippen molar-refractivity contribution in [3.63, 3.8) is 0 Å². The maximum atomic E-state index is 11.7. The molecule has 0 spiro atoms. The molecule has 128 valence electrons. The van der Waals surface area contributed by atoms with Gasteiger partial charge in [0.25, 0.3) is 0 Å². The highest BCUT2D eigenvalue weighted by Crippen LogP contribution is 2.13. The molecule has 0 aliphatic heterocycles. The molecular formula is C12H23N3O6S. The second-order valence-electron chi connectivity index (χ2n) is 5.72. The maximum absolute atomic E-state index is 11.7. The number of carbonyl (C=O) groups is 3. The van der Waals surface area contributed by atoms with E-state index in [0.717, 1.165) is 0 Å². The van der Waals surface area contributed by atoms with Gasteiger partial charge in [0.2, 0.25) is 21.8 Å². The van der Waals surface area contributed by atoms with Crippen LogP contribution >= 0.6 is 0 Å². The zero-order valence-corrected chi connectivity index (χ0v) is 13.7. The number of sulfonamides is 1. The molecule has 0 unspecified atom stereocenters. The van der Waals surface area contributed by atoms with Gasteiger partial charge in [-0.25, -0.2) is 8.42 Å². The Balaban J connectivity index is 4.11. The van der Waals surface area contributed by atoms with Crippen molar-refractivity contribution in [1.29, 1.82) is 0 Å². The van der Waals surface area contributed by atoms with Gasteiger partial charge < -0.3 is 16.2 Å². The molecular weight excluding hydrogens is 314 g/mol. The number of hydrogen-bond donors (Lipinski definition) is 4. The number of amides is 2. The lowest BCUT2D eigenvalue weighted by atomic mass is 10.2. The maximum Gasteiger partial charge on any atom is 0.320 e. The first-order valence-corrected chi connectivity index (χ1v) is 8.15. The molecule has 0 aromatic carbocycles. The van der Waals surface area contributed by atoms with Gasteiger partial charge in [-0.2, -0.15) is 0 Å². The van der Waals surface area contributed by atoms with Crippen LogP contribution in [0.1, 0.15) is 40.0 Å². The van der Waals surface area contributed by atoms with Crippen molar-refractivity contribution in [3.05, 3.63) is 0 Å². The number of rotatable bonds is 8. The number of aliphatic carboxylic acids is 1. The van der Waals surface area contributed by atoms with Crippen molar-refractivity contribution < 1.29 is 27.9 Å². The lowest BCUT2D eigenvalue weighted by molar-refractivity contribution is -0.138. The quantitative estimate of drug-likeness (QED) is 0.439. The summed E-state index contributed by atoms with van der Waals surface area (Å²) < 4.78 is 24.2. The largest absolute Gasteiger partial charge is 0.480 e. The Morgan fingerprint density at radius 1 is 1.14 bits per heavy atom. The summed E-state index contributed by atoms with van der Waals surface area (Å²) in [5.74, 6) is -2.42. The average Bonchev–Trinajstić information content (AvgIpc) is 2.34. The fourth-order valence-corrected chi connectivity index (χ4v) is 1.87. The molecule has 0 radical (unpaired) electrons. The van der Waals surface area contributed by atoms with E-state index < -0.39 is 38.6 Å². The topological polar surface area (TPSA) is 156 Å². The summed E-state index contributed by atoms with van der Waals surface area (Å²) in [4.78, 5) is 33.4.